The number of amides is 4. The molecule has 4 rings (SSSR count). The summed E-state index contributed by atoms with van der Waals surface area (Å²) >= 11 is 0. The molecule has 4 heterocycles. The first kappa shape index (κ1) is 17.1. The highest BCUT2D eigenvalue weighted by atomic mass is 16.2. The summed E-state index contributed by atoms with van der Waals surface area (Å²) in [4.78, 5) is 47.4. The monoisotopic (exact) mass is 369 g/mol. The van der Waals surface area contributed by atoms with Crippen molar-refractivity contribution in [1.82, 2.24) is 35.3 Å². The Hall–Kier alpha value is -3.30. The molecule has 10 heteroatoms. The molecule has 0 aromatic carbocycles. The van der Waals surface area contributed by atoms with Crippen LogP contribution in [0.1, 0.15) is 5.82 Å². The van der Waals surface area contributed by atoms with E-state index in [4.69, 9.17) is 0 Å². The Labute approximate surface area is 155 Å². The molecule has 2 atom stereocenters. The molecule has 2 aromatic heterocycles. The van der Waals surface area contributed by atoms with E-state index in [2.05, 4.69) is 25.5 Å². The molecule has 4 amide bonds. The summed E-state index contributed by atoms with van der Waals surface area (Å²) in [5, 5.41) is 9.80. The van der Waals surface area contributed by atoms with Crippen LogP contribution in [0, 0.1) is 11.8 Å². The predicted octanol–water partition coefficient (Wildman–Crippen LogP) is -0.335. The molecule has 140 valence electrons. The van der Waals surface area contributed by atoms with Crippen LogP contribution >= 0.6 is 0 Å². The average molecular weight is 369 g/mol. The highest BCUT2D eigenvalue weighted by Crippen LogP contribution is 2.32. The number of carbonyl (C=O) groups is 3. The lowest BCUT2D eigenvalue weighted by molar-refractivity contribution is -0.138. The van der Waals surface area contributed by atoms with Crippen LogP contribution in [0.15, 0.2) is 24.5 Å². The molecule has 2 aliphatic rings. The van der Waals surface area contributed by atoms with Gasteiger partial charge in [-0.3, -0.25) is 24.6 Å². The van der Waals surface area contributed by atoms with Crippen molar-refractivity contribution in [3.63, 3.8) is 0 Å². The Morgan fingerprint density at radius 3 is 2.70 bits per heavy atom. The number of nitrogens with one attached hydrogen (secondary N) is 2. The first-order valence-corrected chi connectivity index (χ1v) is 8.70. The summed E-state index contributed by atoms with van der Waals surface area (Å²) in [6, 6.07) is 3.40. The minimum atomic E-state index is -0.412. The van der Waals surface area contributed by atoms with Crippen LogP contribution in [0.4, 0.5) is 4.79 Å². The molecule has 0 bridgehead atoms. The molecule has 2 N–H and O–H groups in total. The summed E-state index contributed by atoms with van der Waals surface area (Å²) in [7, 11) is 1.49. The average Bonchev–Trinajstić information content (AvgIpc) is 3.38. The molecule has 0 aliphatic carbocycles. The number of hydrogen-bond donors (Lipinski definition) is 2. The molecule has 0 saturated carbocycles. The van der Waals surface area contributed by atoms with Gasteiger partial charge in [0.1, 0.15) is 5.82 Å². The van der Waals surface area contributed by atoms with Gasteiger partial charge in [0.2, 0.25) is 11.8 Å². The largest absolute Gasteiger partial charge is 0.338 e. The molecule has 2 saturated heterocycles. The number of rotatable bonds is 4. The number of aromatic nitrogens is 4. The standard InChI is InChI=1S/C17H19N7O3/c1-23-15(25)11-8-24(9-12(11)16(23)26)17(27)19-6-4-13-20-14(22-21-13)10-3-2-5-18-7-10/h2-3,5,7,11-12H,4,6,8-9H2,1H3,(H,19,27)(H,20,21,22)/t11-,12+. The number of imide groups is 1. The number of H-pyrrole nitrogens is 1. The second-order valence-electron chi connectivity index (χ2n) is 6.68. The zero-order chi connectivity index (χ0) is 19.0. The zero-order valence-corrected chi connectivity index (χ0v) is 14.8. The van der Waals surface area contributed by atoms with E-state index in [0.717, 1.165) is 10.5 Å². The number of likely N-dealkylation sites (tertiary alicyclic amines) is 2. The quantitative estimate of drug-likeness (QED) is 0.711. The lowest BCUT2D eigenvalue weighted by Gasteiger charge is -2.19. The number of nitrogens with zero attached hydrogens (tertiary/aromatic N) is 5. The molecule has 0 unspecified atom stereocenters. The Bertz CT molecular complexity index is 858. The molecule has 2 fully saturated rings. The molecule has 2 aromatic rings. The van der Waals surface area contributed by atoms with Gasteiger partial charge < -0.3 is 10.2 Å². The number of pyridine rings is 1. The number of aromatic amines is 1. The molecule has 2 aliphatic heterocycles. The van der Waals surface area contributed by atoms with E-state index in [1.807, 2.05) is 12.1 Å². The molecule has 10 nitrogen and oxygen atoms in total. The Morgan fingerprint density at radius 2 is 2.04 bits per heavy atom. The minimum absolute atomic E-state index is 0.204. The van der Waals surface area contributed by atoms with Crippen molar-refractivity contribution in [2.45, 2.75) is 6.42 Å². The summed E-state index contributed by atoms with van der Waals surface area (Å²) in [6.45, 7) is 0.923. The Balaban J connectivity index is 1.28. The lowest BCUT2D eigenvalue weighted by atomic mass is 10.00. The van der Waals surface area contributed by atoms with Gasteiger partial charge in [-0.2, -0.15) is 5.10 Å². The van der Waals surface area contributed by atoms with Crippen LogP contribution in [-0.2, 0) is 16.0 Å². The van der Waals surface area contributed by atoms with E-state index in [-0.39, 0.29) is 30.9 Å². The smallest absolute Gasteiger partial charge is 0.317 e. The summed E-state index contributed by atoms with van der Waals surface area (Å²) < 4.78 is 0. The summed E-state index contributed by atoms with van der Waals surface area (Å²) in [6.07, 6.45) is 3.84. The molecule has 0 spiro atoms. The normalized spacial score (nSPS) is 21.7. The fourth-order valence-electron chi connectivity index (χ4n) is 3.51. The van der Waals surface area contributed by atoms with E-state index >= 15 is 0 Å². The zero-order valence-electron chi connectivity index (χ0n) is 14.8. The van der Waals surface area contributed by atoms with Crippen molar-refractivity contribution in [2.24, 2.45) is 11.8 Å². The fourth-order valence-corrected chi connectivity index (χ4v) is 3.51. The van der Waals surface area contributed by atoms with E-state index < -0.39 is 11.8 Å². The van der Waals surface area contributed by atoms with Gasteiger partial charge in [0.05, 0.1) is 11.8 Å². The number of hydrogen-bond acceptors (Lipinski definition) is 6. The molecular formula is C17H19N7O3. The fraction of sp³-hybridized carbons (Fsp3) is 0.412. The third-order valence-corrected chi connectivity index (χ3v) is 4.99. The maximum Gasteiger partial charge on any atom is 0.317 e. The van der Waals surface area contributed by atoms with Crippen LogP contribution in [0.3, 0.4) is 0 Å². The van der Waals surface area contributed by atoms with Crippen LogP contribution in [0.5, 0.6) is 0 Å². The van der Waals surface area contributed by atoms with E-state index in [0.29, 0.717) is 24.6 Å². The summed E-state index contributed by atoms with van der Waals surface area (Å²) in [5.41, 5.74) is 0.812. The predicted molar refractivity (Wildman–Crippen MR) is 93.0 cm³/mol. The van der Waals surface area contributed by atoms with Gasteiger partial charge in [0.15, 0.2) is 5.82 Å². The summed E-state index contributed by atoms with van der Waals surface area (Å²) in [5.74, 6) is -0.0266. The van der Waals surface area contributed by atoms with Crippen molar-refractivity contribution in [2.75, 3.05) is 26.7 Å². The second kappa shape index (κ2) is 6.78. The number of urea groups is 1. The second-order valence-corrected chi connectivity index (χ2v) is 6.68. The Kier molecular flexibility index (Phi) is 4.30. The Morgan fingerprint density at radius 1 is 1.30 bits per heavy atom. The van der Waals surface area contributed by atoms with Crippen molar-refractivity contribution < 1.29 is 14.4 Å². The van der Waals surface area contributed by atoms with Gasteiger partial charge in [-0.15, -0.1) is 0 Å². The van der Waals surface area contributed by atoms with Crippen molar-refractivity contribution >= 4 is 17.8 Å². The van der Waals surface area contributed by atoms with E-state index in [9.17, 15) is 14.4 Å². The van der Waals surface area contributed by atoms with Gasteiger partial charge in [-0.1, -0.05) is 0 Å². The van der Waals surface area contributed by atoms with E-state index in [1.54, 1.807) is 12.4 Å². The minimum Gasteiger partial charge on any atom is -0.338 e. The lowest BCUT2D eigenvalue weighted by Crippen LogP contribution is -2.42. The van der Waals surface area contributed by atoms with Gasteiger partial charge in [-0.05, 0) is 12.1 Å². The van der Waals surface area contributed by atoms with Crippen LogP contribution in [0.25, 0.3) is 11.4 Å². The van der Waals surface area contributed by atoms with Crippen molar-refractivity contribution in [3.8, 4) is 11.4 Å². The van der Waals surface area contributed by atoms with Gasteiger partial charge in [0, 0.05) is 51.1 Å². The van der Waals surface area contributed by atoms with Crippen molar-refractivity contribution in [3.05, 3.63) is 30.4 Å². The maximum absolute atomic E-state index is 12.3. The third kappa shape index (κ3) is 3.14. The maximum atomic E-state index is 12.3. The third-order valence-electron chi connectivity index (χ3n) is 4.99. The molecule has 0 radical (unpaired) electrons. The molecular weight excluding hydrogens is 350 g/mol. The van der Waals surface area contributed by atoms with E-state index in [1.165, 1.54) is 11.9 Å². The highest BCUT2D eigenvalue weighted by molar-refractivity contribution is 6.06. The SMILES string of the molecule is CN1C(=O)[C@H]2CN(C(=O)NCCc3nc(-c4cccnc4)n[nH]3)C[C@H]2C1=O. The van der Waals surface area contributed by atoms with Crippen LogP contribution < -0.4 is 5.32 Å². The van der Waals surface area contributed by atoms with Crippen LogP contribution in [0.2, 0.25) is 0 Å². The van der Waals surface area contributed by atoms with Crippen LogP contribution in [-0.4, -0.2) is 74.5 Å². The number of carbonyl (C=O) groups excluding carboxylic acids is 3. The highest BCUT2D eigenvalue weighted by Gasteiger charge is 2.51. The van der Waals surface area contributed by atoms with Gasteiger partial charge in [0.25, 0.3) is 0 Å². The van der Waals surface area contributed by atoms with Crippen molar-refractivity contribution in [1.29, 1.82) is 0 Å². The molecule has 27 heavy (non-hydrogen) atoms. The van der Waals surface area contributed by atoms with Gasteiger partial charge in [-0.25, -0.2) is 9.78 Å². The topological polar surface area (TPSA) is 124 Å². The first-order valence-electron chi connectivity index (χ1n) is 8.70. The first-order chi connectivity index (χ1) is 13.0. The number of fused-ring (bicyclic) bond motifs is 1. The van der Waals surface area contributed by atoms with Gasteiger partial charge >= 0.3 is 6.03 Å².